The number of carbonyl (C=O) groups excluding carboxylic acids is 3. The first kappa shape index (κ1) is 38.5. The maximum atomic E-state index is 13.1. The molecule has 1 atom stereocenters. The summed E-state index contributed by atoms with van der Waals surface area (Å²) < 4.78 is 2.13. The molecule has 3 aliphatic heterocycles. The molecule has 4 aliphatic rings. The number of aromatic nitrogens is 4. The summed E-state index contributed by atoms with van der Waals surface area (Å²) in [6.45, 7) is 8.39. The van der Waals surface area contributed by atoms with Crippen LogP contribution in [0.2, 0.25) is 0 Å². The number of hydrogen-bond acceptors (Lipinski definition) is 11. The lowest BCUT2D eigenvalue weighted by Crippen LogP contribution is -2.46. The average molecular weight is 796 g/mol. The van der Waals surface area contributed by atoms with E-state index in [9.17, 15) is 14.4 Å². The molecule has 3 amide bonds. The molecule has 59 heavy (non-hydrogen) atoms. The first-order valence-electron chi connectivity index (χ1n) is 21.1. The SMILES string of the molecule is CN(C)C(=O)c1cc2cnc(Nc3ccc(N4CCN(c5ccc(CN6CCN(c7cccc(C8CCC(=O)NC8=O)c7)CC6)cc5)CC4)cn3)nc2n1C1CCCC1. The standard InChI is InChI=1S/C45H53N11O3/c1-51(2)44(59)39-27-33-28-47-45(50-42(33)56(39)35-7-3-4-8-35)48-40-16-14-37(29-46-40)55-24-22-53(23-25-55)34-12-10-31(11-13-34)30-52-18-20-54(21-19-52)36-9-5-6-32(26-36)38-15-17-41(57)49-43(38)58/h5-6,9-14,16,26-29,35,38H,3-4,7-8,15,17-25,30H2,1-2H3,(H,49,57,58)(H,46,47,48,50). The fraction of sp³-hybridized carbons (Fsp3) is 0.422. The Labute approximate surface area is 345 Å². The number of imide groups is 1. The summed E-state index contributed by atoms with van der Waals surface area (Å²) in [5, 5.41) is 6.65. The van der Waals surface area contributed by atoms with Gasteiger partial charge in [0.2, 0.25) is 17.8 Å². The van der Waals surface area contributed by atoms with E-state index in [4.69, 9.17) is 9.97 Å². The van der Waals surface area contributed by atoms with Crippen molar-refractivity contribution in [2.24, 2.45) is 0 Å². The maximum Gasteiger partial charge on any atom is 0.270 e. The van der Waals surface area contributed by atoms with Gasteiger partial charge in [0.25, 0.3) is 5.91 Å². The second kappa shape index (κ2) is 16.7. The van der Waals surface area contributed by atoms with Crippen molar-refractivity contribution in [3.05, 3.63) is 95.9 Å². The minimum atomic E-state index is -0.262. The number of benzene rings is 2. The third kappa shape index (κ3) is 8.31. The van der Waals surface area contributed by atoms with E-state index >= 15 is 0 Å². The summed E-state index contributed by atoms with van der Waals surface area (Å²) in [5.41, 5.74) is 7.23. The molecular weight excluding hydrogens is 743 g/mol. The zero-order valence-electron chi connectivity index (χ0n) is 34.0. The molecule has 0 bridgehead atoms. The highest BCUT2D eigenvalue weighted by Crippen LogP contribution is 2.35. The van der Waals surface area contributed by atoms with Crippen LogP contribution in [0, 0.1) is 0 Å². The Morgan fingerprint density at radius 1 is 0.780 bits per heavy atom. The summed E-state index contributed by atoms with van der Waals surface area (Å²) in [7, 11) is 3.57. The molecule has 5 aromatic rings. The van der Waals surface area contributed by atoms with E-state index in [-0.39, 0.29) is 29.7 Å². The van der Waals surface area contributed by atoms with E-state index in [1.54, 1.807) is 25.2 Å². The largest absolute Gasteiger partial charge is 0.369 e. The molecule has 0 spiro atoms. The number of piperazine rings is 2. The van der Waals surface area contributed by atoms with Crippen LogP contribution in [0.4, 0.5) is 28.8 Å². The van der Waals surface area contributed by atoms with Crippen LogP contribution in [-0.4, -0.2) is 113 Å². The predicted octanol–water partition coefficient (Wildman–Crippen LogP) is 5.56. The van der Waals surface area contributed by atoms with Crippen LogP contribution in [0.3, 0.4) is 0 Å². The smallest absolute Gasteiger partial charge is 0.270 e. The fourth-order valence-corrected chi connectivity index (χ4v) is 9.16. The molecule has 306 valence electrons. The summed E-state index contributed by atoms with van der Waals surface area (Å²) >= 11 is 0. The number of piperidine rings is 1. The number of carbonyl (C=O) groups is 3. The van der Waals surface area contributed by atoms with Crippen molar-refractivity contribution in [2.45, 2.75) is 57.0 Å². The van der Waals surface area contributed by atoms with Gasteiger partial charge in [0, 0.05) is 108 Å². The van der Waals surface area contributed by atoms with Gasteiger partial charge in [-0.2, -0.15) is 4.98 Å². The molecule has 2 N–H and O–H groups in total. The topological polar surface area (TPSA) is 135 Å². The van der Waals surface area contributed by atoms with Crippen LogP contribution in [0.1, 0.15) is 72.1 Å². The van der Waals surface area contributed by atoms with E-state index in [1.165, 1.54) is 11.3 Å². The number of anilines is 5. The summed E-state index contributed by atoms with van der Waals surface area (Å²) in [5.74, 6) is 0.492. The van der Waals surface area contributed by atoms with E-state index in [2.05, 4.69) is 82.2 Å². The molecule has 1 unspecified atom stereocenters. The molecule has 14 nitrogen and oxygen atoms in total. The monoisotopic (exact) mass is 795 g/mol. The van der Waals surface area contributed by atoms with Crippen LogP contribution >= 0.6 is 0 Å². The van der Waals surface area contributed by atoms with E-state index in [0.29, 0.717) is 30.3 Å². The molecule has 2 aromatic carbocycles. The highest BCUT2D eigenvalue weighted by Gasteiger charge is 2.29. The Morgan fingerprint density at radius 2 is 1.47 bits per heavy atom. The van der Waals surface area contributed by atoms with Gasteiger partial charge in [0.05, 0.1) is 17.8 Å². The van der Waals surface area contributed by atoms with Gasteiger partial charge >= 0.3 is 0 Å². The van der Waals surface area contributed by atoms with Gasteiger partial charge in [-0.3, -0.25) is 24.6 Å². The highest BCUT2D eigenvalue weighted by molar-refractivity contribution is 6.01. The minimum Gasteiger partial charge on any atom is -0.369 e. The van der Waals surface area contributed by atoms with Crippen LogP contribution in [0.25, 0.3) is 11.0 Å². The average Bonchev–Trinajstić information content (AvgIpc) is 3.93. The van der Waals surface area contributed by atoms with Gasteiger partial charge in [0.1, 0.15) is 17.2 Å². The molecule has 6 heterocycles. The summed E-state index contributed by atoms with van der Waals surface area (Å²) in [4.78, 5) is 62.7. The summed E-state index contributed by atoms with van der Waals surface area (Å²) in [6, 6.07) is 23.6. The van der Waals surface area contributed by atoms with Crippen LogP contribution in [-0.2, 0) is 16.1 Å². The predicted molar refractivity (Wildman–Crippen MR) is 230 cm³/mol. The lowest BCUT2D eigenvalue weighted by molar-refractivity contribution is -0.134. The molecule has 0 radical (unpaired) electrons. The van der Waals surface area contributed by atoms with Crippen molar-refractivity contribution in [2.75, 3.05) is 86.5 Å². The van der Waals surface area contributed by atoms with E-state index in [1.807, 2.05) is 30.5 Å². The lowest BCUT2D eigenvalue weighted by atomic mass is 9.90. The second-order valence-electron chi connectivity index (χ2n) is 16.5. The van der Waals surface area contributed by atoms with Crippen LogP contribution in [0.15, 0.2) is 79.1 Å². The van der Waals surface area contributed by atoms with Gasteiger partial charge in [-0.25, -0.2) is 9.97 Å². The molecular formula is C45H53N11O3. The van der Waals surface area contributed by atoms with Gasteiger partial charge in [-0.05, 0) is 72.9 Å². The van der Waals surface area contributed by atoms with Gasteiger partial charge in [0.15, 0.2) is 0 Å². The Bertz CT molecular complexity index is 2300. The van der Waals surface area contributed by atoms with Crippen molar-refractivity contribution in [3.63, 3.8) is 0 Å². The van der Waals surface area contributed by atoms with E-state index in [0.717, 1.165) is 113 Å². The van der Waals surface area contributed by atoms with E-state index < -0.39 is 0 Å². The Hall–Kier alpha value is -6.02. The minimum absolute atomic E-state index is 0.0199. The molecule has 3 aromatic heterocycles. The maximum absolute atomic E-state index is 13.1. The molecule has 9 rings (SSSR count). The van der Waals surface area contributed by atoms with Crippen molar-refractivity contribution >= 4 is 57.6 Å². The van der Waals surface area contributed by atoms with Crippen molar-refractivity contribution in [3.8, 4) is 0 Å². The highest BCUT2D eigenvalue weighted by atomic mass is 16.2. The van der Waals surface area contributed by atoms with Gasteiger partial charge in [-0.1, -0.05) is 37.1 Å². The van der Waals surface area contributed by atoms with Crippen molar-refractivity contribution in [1.29, 1.82) is 0 Å². The number of nitrogens with one attached hydrogen (secondary N) is 2. The fourth-order valence-electron chi connectivity index (χ4n) is 9.16. The number of fused-ring (bicyclic) bond motifs is 1. The van der Waals surface area contributed by atoms with Crippen molar-refractivity contribution in [1.82, 2.24) is 34.6 Å². The third-order valence-electron chi connectivity index (χ3n) is 12.5. The molecule has 1 saturated carbocycles. The quantitative estimate of drug-likeness (QED) is 0.172. The number of pyridine rings is 1. The third-order valence-corrected chi connectivity index (χ3v) is 12.5. The first-order valence-corrected chi connectivity index (χ1v) is 21.1. The van der Waals surface area contributed by atoms with Gasteiger partial charge in [-0.15, -0.1) is 0 Å². The normalized spacial score (nSPS) is 19.4. The Balaban J connectivity index is 0.755. The molecule has 4 fully saturated rings. The molecule has 3 saturated heterocycles. The molecule has 14 heteroatoms. The van der Waals surface area contributed by atoms with Crippen molar-refractivity contribution < 1.29 is 14.4 Å². The zero-order valence-corrected chi connectivity index (χ0v) is 34.0. The van der Waals surface area contributed by atoms with Gasteiger partial charge < -0.3 is 29.5 Å². The van der Waals surface area contributed by atoms with Crippen LogP contribution < -0.4 is 25.3 Å². The number of nitrogens with zero attached hydrogens (tertiary/aromatic N) is 9. The Morgan fingerprint density at radius 3 is 2.17 bits per heavy atom. The number of hydrogen-bond donors (Lipinski definition) is 2. The summed E-state index contributed by atoms with van der Waals surface area (Å²) in [6.07, 6.45) is 9.08. The zero-order chi connectivity index (χ0) is 40.5. The number of rotatable bonds is 10. The first-order chi connectivity index (χ1) is 28.8. The lowest BCUT2D eigenvalue weighted by Gasteiger charge is -2.37. The Kier molecular flexibility index (Phi) is 10.9. The molecule has 1 aliphatic carbocycles. The van der Waals surface area contributed by atoms with Crippen LogP contribution in [0.5, 0.6) is 0 Å². The second-order valence-corrected chi connectivity index (χ2v) is 16.5. The number of amides is 3.